The summed E-state index contributed by atoms with van der Waals surface area (Å²) in [6.45, 7) is 0. The highest BCUT2D eigenvalue weighted by Crippen LogP contribution is 2.19. The van der Waals surface area contributed by atoms with E-state index >= 15 is 0 Å². The van der Waals surface area contributed by atoms with E-state index in [2.05, 4.69) is 59.0 Å². The summed E-state index contributed by atoms with van der Waals surface area (Å²) in [6, 6.07) is 12.8. The van der Waals surface area contributed by atoms with Crippen molar-refractivity contribution in [1.82, 2.24) is 0 Å². The predicted octanol–water partition coefficient (Wildman–Crippen LogP) is 4.18. The Hall–Kier alpha value is -0.280. The van der Waals surface area contributed by atoms with Crippen LogP contribution in [0.3, 0.4) is 0 Å². The Morgan fingerprint density at radius 2 is 1.77 bits per heavy atom. The van der Waals surface area contributed by atoms with E-state index in [1.165, 1.54) is 19.9 Å². The molecule has 2 heteroatoms. The number of rotatable bonds is 1. The molecule has 0 bridgehead atoms. The standard InChI is InChI=1S/C11H8ClI/c12-7-8-1-2-9-3-4-11(13)6-10(9)5-8/h1-6H,7H2. The maximum atomic E-state index is 5.77. The quantitative estimate of drug-likeness (QED) is 0.547. The lowest BCUT2D eigenvalue weighted by Crippen LogP contribution is -1.79. The Kier molecular flexibility index (Phi) is 2.74. The second kappa shape index (κ2) is 3.84. The van der Waals surface area contributed by atoms with E-state index in [1.807, 2.05) is 0 Å². The van der Waals surface area contributed by atoms with Gasteiger partial charge in [-0.3, -0.25) is 0 Å². The number of benzene rings is 2. The molecule has 0 fully saturated rings. The second-order valence-electron chi connectivity index (χ2n) is 2.96. The molecule has 66 valence electrons. The zero-order valence-corrected chi connectivity index (χ0v) is 9.84. The second-order valence-corrected chi connectivity index (χ2v) is 4.47. The summed E-state index contributed by atoms with van der Waals surface area (Å²) in [6.07, 6.45) is 0. The molecule has 0 amide bonds. The minimum Gasteiger partial charge on any atom is -0.122 e. The van der Waals surface area contributed by atoms with Crippen LogP contribution in [0.4, 0.5) is 0 Å². The summed E-state index contributed by atoms with van der Waals surface area (Å²) in [5, 5.41) is 2.54. The molecular weight excluding hydrogens is 294 g/mol. The van der Waals surface area contributed by atoms with Crippen LogP contribution < -0.4 is 0 Å². The van der Waals surface area contributed by atoms with Gasteiger partial charge in [-0.05, 0) is 57.1 Å². The SMILES string of the molecule is ClCc1ccc2ccc(I)cc2c1. The van der Waals surface area contributed by atoms with Crippen LogP contribution in [0, 0.1) is 3.57 Å². The molecule has 0 N–H and O–H groups in total. The average molecular weight is 303 g/mol. The highest BCUT2D eigenvalue weighted by molar-refractivity contribution is 14.1. The van der Waals surface area contributed by atoms with Crippen molar-refractivity contribution in [3.05, 3.63) is 45.5 Å². The third kappa shape index (κ3) is 1.97. The van der Waals surface area contributed by atoms with Crippen molar-refractivity contribution in [3.63, 3.8) is 0 Å². The Labute approximate surface area is 96.0 Å². The molecule has 0 spiro atoms. The largest absolute Gasteiger partial charge is 0.122 e. The van der Waals surface area contributed by atoms with E-state index in [1.54, 1.807) is 0 Å². The van der Waals surface area contributed by atoms with Gasteiger partial charge in [0.1, 0.15) is 0 Å². The van der Waals surface area contributed by atoms with E-state index in [9.17, 15) is 0 Å². The normalized spacial score (nSPS) is 10.6. The molecule has 2 aromatic carbocycles. The lowest BCUT2D eigenvalue weighted by atomic mass is 10.1. The van der Waals surface area contributed by atoms with E-state index < -0.39 is 0 Å². The first kappa shape index (κ1) is 9.28. The minimum absolute atomic E-state index is 0.585. The highest BCUT2D eigenvalue weighted by atomic mass is 127. The number of alkyl halides is 1. The van der Waals surface area contributed by atoms with Crippen LogP contribution in [0.2, 0.25) is 0 Å². The van der Waals surface area contributed by atoms with Gasteiger partial charge in [0.15, 0.2) is 0 Å². The van der Waals surface area contributed by atoms with Crippen LogP contribution >= 0.6 is 34.2 Å². The molecule has 0 nitrogen and oxygen atoms in total. The van der Waals surface area contributed by atoms with Crippen molar-refractivity contribution in [2.75, 3.05) is 0 Å². The van der Waals surface area contributed by atoms with Crippen LogP contribution in [0.25, 0.3) is 10.8 Å². The smallest absolute Gasteiger partial charge is 0.0474 e. The van der Waals surface area contributed by atoms with Crippen LogP contribution in [0.5, 0.6) is 0 Å². The van der Waals surface area contributed by atoms with Crippen LogP contribution in [-0.2, 0) is 5.88 Å². The van der Waals surface area contributed by atoms with Crippen molar-refractivity contribution >= 4 is 45.0 Å². The number of hydrogen-bond acceptors (Lipinski definition) is 0. The van der Waals surface area contributed by atoms with Gasteiger partial charge in [0.05, 0.1) is 0 Å². The number of halogens is 2. The van der Waals surface area contributed by atoms with E-state index in [4.69, 9.17) is 11.6 Å². The number of hydrogen-bond donors (Lipinski definition) is 0. The Morgan fingerprint density at radius 3 is 2.54 bits per heavy atom. The van der Waals surface area contributed by atoms with E-state index in [0.29, 0.717) is 5.88 Å². The fourth-order valence-corrected chi connectivity index (χ4v) is 2.03. The van der Waals surface area contributed by atoms with Gasteiger partial charge >= 0.3 is 0 Å². The monoisotopic (exact) mass is 302 g/mol. The van der Waals surface area contributed by atoms with Crippen molar-refractivity contribution in [3.8, 4) is 0 Å². The van der Waals surface area contributed by atoms with E-state index in [-0.39, 0.29) is 0 Å². The van der Waals surface area contributed by atoms with Gasteiger partial charge in [0.2, 0.25) is 0 Å². The summed E-state index contributed by atoms with van der Waals surface area (Å²) in [4.78, 5) is 0. The Balaban J connectivity index is 2.68. The molecule has 0 radical (unpaired) electrons. The van der Waals surface area contributed by atoms with Gasteiger partial charge in [-0.1, -0.05) is 18.2 Å². The first-order valence-electron chi connectivity index (χ1n) is 4.04. The summed E-state index contributed by atoms with van der Waals surface area (Å²) in [5.41, 5.74) is 1.18. The summed E-state index contributed by atoms with van der Waals surface area (Å²) in [5.74, 6) is 0.585. The summed E-state index contributed by atoms with van der Waals surface area (Å²) >= 11 is 8.08. The molecule has 13 heavy (non-hydrogen) atoms. The van der Waals surface area contributed by atoms with Crippen LogP contribution in [-0.4, -0.2) is 0 Å². The molecule has 0 saturated heterocycles. The fourth-order valence-electron chi connectivity index (χ4n) is 1.35. The molecule has 0 unspecified atom stereocenters. The lowest BCUT2D eigenvalue weighted by molar-refractivity contribution is 1.43. The average Bonchev–Trinajstić information content (AvgIpc) is 2.16. The zero-order chi connectivity index (χ0) is 9.26. The van der Waals surface area contributed by atoms with Crippen molar-refractivity contribution in [1.29, 1.82) is 0 Å². The highest BCUT2D eigenvalue weighted by Gasteiger charge is 1.95. The van der Waals surface area contributed by atoms with Gasteiger partial charge in [-0.25, -0.2) is 0 Å². The molecule has 0 aliphatic heterocycles. The minimum atomic E-state index is 0.585. The van der Waals surface area contributed by atoms with E-state index in [0.717, 1.165) is 0 Å². The summed E-state index contributed by atoms with van der Waals surface area (Å²) in [7, 11) is 0. The van der Waals surface area contributed by atoms with Gasteiger partial charge in [-0.15, -0.1) is 11.6 Å². The predicted molar refractivity (Wildman–Crippen MR) is 66.2 cm³/mol. The zero-order valence-electron chi connectivity index (χ0n) is 6.93. The molecule has 0 saturated carbocycles. The molecule has 0 atom stereocenters. The lowest BCUT2D eigenvalue weighted by Gasteiger charge is -2.00. The first-order chi connectivity index (χ1) is 6.29. The molecule has 0 aromatic heterocycles. The third-order valence-electron chi connectivity index (χ3n) is 2.02. The van der Waals surface area contributed by atoms with Gasteiger partial charge < -0.3 is 0 Å². The fraction of sp³-hybridized carbons (Fsp3) is 0.0909. The first-order valence-corrected chi connectivity index (χ1v) is 5.65. The van der Waals surface area contributed by atoms with Crippen molar-refractivity contribution in [2.24, 2.45) is 0 Å². The molecule has 2 rings (SSSR count). The molecule has 2 aromatic rings. The van der Waals surface area contributed by atoms with Crippen LogP contribution in [0.1, 0.15) is 5.56 Å². The van der Waals surface area contributed by atoms with Gasteiger partial charge in [0, 0.05) is 9.45 Å². The Morgan fingerprint density at radius 1 is 1.00 bits per heavy atom. The topological polar surface area (TPSA) is 0 Å². The molecule has 0 aliphatic rings. The van der Waals surface area contributed by atoms with Crippen molar-refractivity contribution < 1.29 is 0 Å². The maximum Gasteiger partial charge on any atom is 0.0474 e. The molecule has 0 aliphatic carbocycles. The van der Waals surface area contributed by atoms with Crippen molar-refractivity contribution in [2.45, 2.75) is 5.88 Å². The Bertz CT molecular complexity index is 437. The maximum absolute atomic E-state index is 5.77. The van der Waals surface area contributed by atoms with Gasteiger partial charge in [0.25, 0.3) is 0 Å². The molecular formula is C11H8ClI. The third-order valence-corrected chi connectivity index (χ3v) is 3.00. The molecule has 0 heterocycles. The number of fused-ring (bicyclic) bond motifs is 1. The van der Waals surface area contributed by atoms with Gasteiger partial charge in [-0.2, -0.15) is 0 Å². The summed E-state index contributed by atoms with van der Waals surface area (Å²) < 4.78 is 1.26. The van der Waals surface area contributed by atoms with Crippen LogP contribution in [0.15, 0.2) is 36.4 Å².